The third kappa shape index (κ3) is 5.84. The number of carbonyl (C=O) groups excluding carboxylic acids is 1. The number of carbonyl (C=O) groups is 1. The van der Waals surface area contributed by atoms with Gasteiger partial charge in [0.1, 0.15) is 11.6 Å². The average molecular weight is 433 g/mol. The molecule has 2 aromatic carbocycles. The van der Waals surface area contributed by atoms with E-state index < -0.39 is 10.8 Å². The van der Waals surface area contributed by atoms with Crippen molar-refractivity contribution in [3.8, 4) is 6.07 Å². The Kier molecular flexibility index (Phi) is 6.90. The molecule has 0 atom stereocenters. The van der Waals surface area contributed by atoms with Gasteiger partial charge < -0.3 is 0 Å². The first kappa shape index (κ1) is 21.9. The van der Waals surface area contributed by atoms with Crippen molar-refractivity contribution in [2.75, 3.05) is 5.32 Å². The largest absolute Gasteiger partial charge is 0.297 e. The van der Waals surface area contributed by atoms with Crippen molar-refractivity contribution in [2.24, 2.45) is 0 Å². The van der Waals surface area contributed by atoms with Crippen LogP contribution in [-0.4, -0.2) is 15.8 Å². The van der Waals surface area contributed by atoms with Crippen molar-refractivity contribution in [3.05, 3.63) is 92.0 Å². The van der Waals surface area contributed by atoms with E-state index in [0.29, 0.717) is 23.0 Å². The average Bonchev–Trinajstić information content (AvgIpc) is 3.19. The molecule has 0 fully saturated rings. The lowest BCUT2D eigenvalue weighted by atomic mass is 10.0. The highest BCUT2D eigenvalue weighted by molar-refractivity contribution is 7.15. The molecule has 31 heavy (non-hydrogen) atoms. The maximum atomic E-state index is 12.4. The van der Waals surface area contributed by atoms with Crippen LogP contribution in [-0.2, 0) is 11.2 Å². The second-order valence-electron chi connectivity index (χ2n) is 7.18. The van der Waals surface area contributed by atoms with Crippen LogP contribution in [0.15, 0.2) is 60.3 Å². The van der Waals surface area contributed by atoms with Crippen LogP contribution in [0, 0.1) is 21.4 Å². The zero-order valence-electron chi connectivity index (χ0n) is 17.0. The molecule has 0 aliphatic carbocycles. The Balaban J connectivity index is 1.66. The summed E-state index contributed by atoms with van der Waals surface area (Å²) in [7, 11) is 0. The van der Waals surface area contributed by atoms with Crippen LogP contribution < -0.4 is 5.32 Å². The van der Waals surface area contributed by atoms with E-state index in [1.165, 1.54) is 47.2 Å². The standard InChI is InChI=1S/C23H20N4O3S/c1-15(2)18-7-3-17(4-8-18)12-21-14-25-23(31-21)26-22(28)19(13-24)11-16-5-9-20(10-6-16)27(29)30/h3-11,14-15H,12H2,1-2H3,(H,25,26,28)/b19-11+. The molecule has 0 spiro atoms. The monoisotopic (exact) mass is 432 g/mol. The molecular weight excluding hydrogens is 412 g/mol. The highest BCUT2D eigenvalue weighted by atomic mass is 32.1. The lowest BCUT2D eigenvalue weighted by Crippen LogP contribution is -2.13. The van der Waals surface area contributed by atoms with Gasteiger partial charge in [0.15, 0.2) is 5.13 Å². The Morgan fingerprint density at radius 2 is 1.90 bits per heavy atom. The SMILES string of the molecule is CC(C)c1ccc(Cc2cnc(NC(=O)/C(C#N)=C/c3ccc([N+](=O)[O-])cc3)s2)cc1. The number of nitrogens with one attached hydrogen (secondary N) is 1. The lowest BCUT2D eigenvalue weighted by Gasteiger charge is -2.06. The Hall–Kier alpha value is -3.83. The van der Waals surface area contributed by atoms with E-state index in [1.54, 1.807) is 6.20 Å². The number of thiazole rings is 1. The Bertz CT molecular complexity index is 1160. The number of nitro benzene ring substituents is 1. The van der Waals surface area contributed by atoms with Crippen molar-refractivity contribution in [2.45, 2.75) is 26.2 Å². The van der Waals surface area contributed by atoms with Crippen LogP contribution in [0.1, 0.15) is 41.3 Å². The molecule has 8 heteroatoms. The molecule has 3 aromatic rings. The van der Waals surface area contributed by atoms with Gasteiger partial charge in [-0.25, -0.2) is 4.98 Å². The number of aromatic nitrogens is 1. The van der Waals surface area contributed by atoms with Crippen molar-refractivity contribution in [3.63, 3.8) is 0 Å². The van der Waals surface area contributed by atoms with Crippen LogP contribution in [0.5, 0.6) is 0 Å². The number of hydrogen-bond acceptors (Lipinski definition) is 6. The van der Waals surface area contributed by atoms with Crippen LogP contribution in [0.2, 0.25) is 0 Å². The smallest absolute Gasteiger partial charge is 0.269 e. The minimum Gasteiger partial charge on any atom is -0.297 e. The van der Waals surface area contributed by atoms with E-state index in [1.807, 2.05) is 6.07 Å². The second-order valence-corrected chi connectivity index (χ2v) is 8.29. The van der Waals surface area contributed by atoms with Crippen LogP contribution >= 0.6 is 11.3 Å². The molecule has 0 aliphatic rings. The predicted octanol–water partition coefficient (Wildman–Crippen LogP) is 5.31. The highest BCUT2D eigenvalue weighted by Crippen LogP contribution is 2.23. The zero-order chi connectivity index (χ0) is 22.4. The maximum Gasteiger partial charge on any atom is 0.269 e. The molecule has 7 nitrogen and oxygen atoms in total. The molecule has 3 rings (SSSR count). The van der Waals surface area contributed by atoms with Gasteiger partial charge in [0, 0.05) is 29.6 Å². The minimum absolute atomic E-state index is 0.0609. The summed E-state index contributed by atoms with van der Waals surface area (Å²) in [5, 5.41) is 23.1. The third-order valence-electron chi connectivity index (χ3n) is 4.58. The summed E-state index contributed by atoms with van der Waals surface area (Å²) in [6, 6.07) is 15.9. The predicted molar refractivity (Wildman–Crippen MR) is 121 cm³/mol. The Morgan fingerprint density at radius 3 is 2.48 bits per heavy atom. The maximum absolute atomic E-state index is 12.4. The molecule has 0 radical (unpaired) electrons. The molecule has 0 saturated heterocycles. The van der Waals surface area contributed by atoms with E-state index in [4.69, 9.17) is 0 Å². The van der Waals surface area contributed by atoms with Gasteiger partial charge in [0.2, 0.25) is 0 Å². The summed E-state index contributed by atoms with van der Waals surface area (Å²) >= 11 is 1.35. The zero-order valence-corrected chi connectivity index (χ0v) is 17.8. The summed E-state index contributed by atoms with van der Waals surface area (Å²) in [6.45, 7) is 4.30. The summed E-state index contributed by atoms with van der Waals surface area (Å²) in [5.74, 6) is -0.101. The molecule has 0 bridgehead atoms. The number of rotatable bonds is 7. The van der Waals surface area contributed by atoms with Crippen LogP contribution in [0.25, 0.3) is 6.08 Å². The van der Waals surface area contributed by atoms with Gasteiger partial charge in [-0.15, -0.1) is 11.3 Å². The van der Waals surface area contributed by atoms with Crippen LogP contribution in [0.4, 0.5) is 10.8 Å². The number of nitrogens with zero attached hydrogens (tertiary/aromatic N) is 3. The normalized spacial score (nSPS) is 11.2. The fourth-order valence-corrected chi connectivity index (χ4v) is 3.68. The molecule has 1 N–H and O–H groups in total. The lowest BCUT2D eigenvalue weighted by molar-refractivity contribution is -0.384. The Labute approximate surface area is 183 Å². The quantitative estimate of drug-likeness (QED) is 0.235. The fraction of sp³-hybridized carbons (Fsp3) is 0.174. The molecular formula is C23H20N4O3S. The van der Waals surface area contributed by atoms with Crippen LogP contribution in [0.3, 0.4) is 0 Å². The summed E-state index contributed by atoms with van der Waals surface area (Å²) < 4.78 is 0. The number of amides is 1. The highest BCUT2D eigenvalue weighted by Gasteiger charge is 2.13. The molecule has 0 saturated carbocycles. The van der Waals surface area contributed by atoms with Gasteiger partial charge in [0.25, 0.3) is 11.6 Å². The van der Waals surface area contributed by atoms with E-state index >= 15 is 0 Å². The van der Waals surface area contributed by atoms with Gasteiger partial charge in [0.05, 0.1) is 4.92 Å². The molecule has 1 amide bonds. The van der Waals surface area contributed by atoms with Crippen molar-refractivity contribution in [1.82, 2.24) is 4.98 Å². The van der Waals surface area contributed by atoms with Gasteiger partial charge in [-0.1, -0.05) is 38.1 Å². The number of hydrogen-bond donors (Lipinski definition) is 1. The van der Waals surface area contributed by atoms with E-state index in [0.717, 1.165) is 10.4 Å². The first-order valence-corrected chi connectivity index (χ1v) is 10.4. The summed E-state index contributed by atoms with van der Waals surface area (Å²) in [5.41, 5.74) is 2.78. The van der Waals surface area contributed by atoms with E-state index in [9.17, 15) is 20.2 Å². The first-order chi connectivity index (χ1) is 14.9. The number of benzene rings is 2. The minimum atomic E-state index is -0.581. The Morgan fingerprint density at radius 1 is 1.23 bits per heavy atom. The van der Waals surface area contributed by atoms with Crippen molar-refractivity contribution < 1.29 is 9.72 Å². The van der Waals surface area contributed by atoms with Crippen molar-refractivity contribution in [1.29, 1.82) is 5.26 Å². The van der Waals surface area contributed by atoms with Gasteiger partial charge in [-0.2, -0.15) is 5.26 Å². The molecule has 1 aromatic heterocycles. The molecule has 0 aliphatic heterocycles. The summed E-state index contributed by atoms with van der Waals surface area (Å²) in [4.78, 5) is 27.9. The number of nitriles is 1. The summed E-state index contributed by atoms with van der Waals surface area (Å²) in [6.07, 6.45) is 3.79. The second kappa shape index (κ2) is 9.78. The molecule has 0 unspecified atom stereocenters. The first-order valence-electron chi connectivity index (χ1n) is 9.57. The number of anilines is 1. The van der Waals surface area contributed by atoms with E-state index in [2.05, 4.69) is 48.4 Å². The molecule has 156 valence electrons. The van der Waals surface area contributed by atoms with Gasteiger partial charge >= 0.3 is 0 Å². The molecule has 1 heterocycles. The van der Waals surface area contributed by atoms with Gasteiger partial charge in [-0.3, -0.25) is 20.2 Å². The van der Waals surface area contributed by atoms with E-state index in [-0.39, 0.29) is 11.3 Å². The van der Waals surface area contributed by atoms with Crippen molar-refractivity contribution >= 4 is 34.1 Å². The third-order valence-corrected chi connectivity index (χ3v) is 5.49. The topological polar surface area (TPSA) is 109 Å². The number of non-ortho nitro benzene ring substituents is 1. The number of nitro groups is 1. The van der Waals surface area contributed by atoms with Gasteiger partial charge in [-0.05, 0) is 40.8 Å². The fourth-order valence-electron chi connectivity index (χ4n) is 2.84.